The van der Waals surface area contributed by atoms with E-state index in [1.807, 2.05) is 52.8 Å². The average Bonchev–Trinajstić information content (AvgIpc) is 2.70. The molecule has 168 valence electrons. The van der Waals surface area contributed by atoms with E-state index < -0.39 is 18.1 Å². The minimum absolute atomic E-state index is 0.0955. The second-order valence-corrected chi connectivity index (χ2v) is 7.93. The third kappa shape index (κ3) is 8.01. The molecular weight excluding hydrogens is 398 g/mol. The highest BCUT2D eigenvalue weighted by Crippen LogP contribution is 2.28. The fourth-order valence-corrected chi connectivity index (χ4v) is 3.11. The van der Waals surface area contributed by atoms with Crippen molar-refractivity contribution in [3.05, 3.63) is 65.8 Å². The molecule has 0 heterocycles. The highest BCUT2D eigenvalue weighted by molar-refractivity contribution is 5.82. The molecule has 1 amide bonds. The van der Waals surface area contributed by atoms with E-state index in [2.05, 4.69) is 6.58 Å². The molecule has 31 heavy (non-hydrogen) atoms. The van der Waals surface area contributed by atoms with Crippen LogP contribution in [0.15, 0.2) is 54.7 Å². The van der Waals surface area contributed by atoms with Gasteiger partial charge in [0, 0.05) is 18.2 Å². The molecule has 1 atom stereocenters. The lowest BCUT2D eigenvalue weighted by Gasteiger charge is -2.32. The zero-order valence-electron chi connectivity index (χ0n) is 18.9. The second kappa shape index (κ2) is 12.7. The van der Waals surface area contributed by atoms with Crippen LogP contribution in [0, 0.1) is 17.2 Å². The van der Waals surface area contributed by atoms with Gasteiger partial charge in [-0.1, -0.05) is 44.7 Å². The minimum atomic E-state index is -2.81. The molecule has 0 aliphatic rings. The zero-order chi connectivity index (χ0) is 23.6. The number of hydrogen-bond acceptors (Lipinski definition) is 3. The number of rotatable bonds is 11. The van der Waals surface area contributed by atoms with Crippen molar-refractivity contribution >= 4 is 5.91 Å². The molecule has 0 aromatic heterocycles. The maximum atomic E-state index is 13.4. The topological polar surface area (TPSA) is 53.3 Å². The van der Waals surface area contributed by atoms with E-state index in [1.165, 1.54) is 12.1 Å². The molecule has 0 saturated heterocycles. The lowest BCUT2D eigenvalue weighted by Crippen LogP contribution is -2.46. The first-order valence-electron chi connectivity index (χ1n) is 10.4. The van der Waals surface area contributed by atoms with E-state index in [0.29, 0.717) is 13.0 Å². The first-order valence-corrected chi connectivity index (χ1v) is 10.4. The molecule has 0 N–H and O–H groups in total. The van der Waals surface area contributed by atoms with Crippen LogP contribution in [0.3, 0.4) is 0 Å². The van der Waals surface area contributed by atoms with E-state index in [-0.39, 0.29) is 29.2 Å². The molecule has 0 fully saturated rings. The number of nitrogens with zero attached hydrogens (tertiary/aromatic N) is 2. The number of benzene rings is 1. The fraction of sp³-hybridized carbons (Fsp3) is 0.440. The number of alkyl halides is 2. The van der Waals surface area contributed by atoms with E-state index in [0.717, 1.165) is 11.6 Å². The lowest BCUT2D eigenvalue weighted by atomic mass is 10.0. The molecular formula is C25H32F2N2O2. The molecule has 1 rings (SSSR count). The second-order valence-electron chi connectivity index (χ2n) is 7.93. The molecule has 4 nitrogen and oxygen atoms in total. The Labute approximate surface area is 184 Å². The Bertz CT molecular complexity index is 852. The van der Waals surface area contributed by atoms with Gasteiger partial charge in [-0.15, -0.1) is 0 Å². The number of halogens is 2. The Morgan fingerprint density at radius 3 is 2.45 bits per heavy atom. The largest absolute Gasteiger partial charge is 0.481 e. The van der Waals surface area contributed by atoms with Gasteiger partial charge in [0.1, 0.15) is 5.75 Å². The van der Waals surface area contributed by atoms with Crippen LogP contribution in [-0.2, 0) is 4.79 Å². The van der Waals surface area contributed by atoms with E-state index in [4.69, 9.17) is 10.00 Å². The van der Waals surface area contributed by atoms with Gasteiger partial charge in [-0.3, -0.25) is 4.79 Å². The number of nitriles is 1. The Morgan fingerprint density at radius 2 is 1.97 bits per heavy atom. The molecule has 0 aliphatic carbocycles. The molecule has 0 aliphatic heterocycles. The van der Waals surface area contributed by atoms with Crippen molar-refractivity contribution in [3.8, 4) is 11.8 Å². The molecule has 1 unspecified atom stereocenters. The molecule has 1 aromatic rings. The Hall–Kier alpha value is -2.94. The van der Waals surface area contributed by atoms with Gasteiger partial charge in [0.25, 0.3) is 12.3 Å². The maximum absolute atomic E-state index is 13.4. The number of carbonyl (C=O) groups is 1. The summed E-state index contributed by atoms with van der Waals surface area (Å²) < 4.78 is 32.6. The lowest BCUT2D eigenvalue weighted by molar-refractivity contribution is -0.140. The predicted molar refractivity (Wildman–Crippen MR) is 120 cm³/mol. The average molecular weight is 431 g/mol. The van der Waals surface area contributed by atoms with Crippen LogP contribution < -0.4 is 4.74 Å². The number of hydrogen-bond donors (Lipinski definition) is 0. The molecule has 0 bridgehead atoms. The number of allylic oxidation sites excluding steroid dienone is 3. The summed E-state index contributed by atoms with van der Waals surface area (Å²) in [4.78, 5) is 15.1. The van der Waals surface area contributed by atoms with Crippen molar-refractivity contribution in [2.24, 2.45) is 5.92 Å². The fourth-order valence-electron chi connectivity index (χ4n) is 3.11. The molecule has 0 radical (unpaired) electrons. The van der Waals surface area contributed by atoms with Gasteiger partial charge in [-0.25, -0.2) is 8.78 Å². The third-order valence-electron chi connectivity index (χ3n) is 4.59. The third-order valence-corrected chi connectivity index (χ3v) is 4.59. The maximum Gasteiger partial charge on any atom is 0.265 e. The van der Waals surface area contributed by atoms with Crippen LogP contribution in [0.25, 0.3) is 0 Å². The number of amides is 1. The summed E-state index contributed by atoms with van der Waals surface area (Å²) in [5, 5.41) is 9.05. The van der Waals surface area contributed by atoms with Crippen molar-refractivity contribution in [3.63, 3.8) is 0 Å². The van der Waals surface area contributed by atoms with Crippen LogP contribution in [0.4, 0.5) is 8.78 Å². The van der Waals surface area contributed by atoms with Crippen molar-refractivity contribution in [2.75, 3.05) is 6.54 Å². The van der Waals surface area contributed by atoms with Crippen molar-refractivity contribution in [1.82, 2.24) is 4.90 Å². The number of carbonyl (C=O) groups excluding carboxylic acids is 1. The summed E-state index contributed by atoms with van der Waals surface area (Å²) >= 11 is 0. The van der Waals surface area contributed by atoms with Gasteiger partial charge in [-0.2, -0.15) is 5.26 Å². The van der Waals surface area contributed by atoms with Gasteiger partial charge >= 0.3 is 0 Å². The Morgan fingerprint density at radius 1 is 1.29 bits per heavy atom. The van der Waals surface area contributed by atoms with Crippen LogP contribution in [0.1, 0.15) is 58.6 Å². The Balaban J connectivity index is 3.26. The van der Waals surface area contributed by atoms with Crippen LogP contribution >= 0.6 is 0 Å². The zero-order valence-corrected chi connectivity index (χ0v) is 18.9. The first-order chi connectivity index (χ1) is 14.6. The highest BCUT2D eigenvalue weighted by atomic mass is 19.3. The molecule has 6 heteroatoms. The summed E-state index contributed by atoms with van der Waals surface area (Å²) in [5.41, 5.74) is 0.408. The summed E-state index contributed by atoms with van der Waals surface area (Å²) in [7, 11) is 0. The normalized spacial score (nSPS) is 13.0. The molecule has 0 spiro atoms. The SMILES string of the molecule is C=C/C=C(\C=C/C)CN(C(=O)C(CC(C)C)Oc1ccc(C#N)c(C(F)F)c1)C(C)C. The van der Waals surface area contributed by atoms with E-state index in [1.54, 1.807) is 17.0 Å². The van der Waals surface area contributed by atoms with Gasteiger partial charge in [0.2, 0.25) is 0 Å². The van der Waals surface area contributed by atoms with Crippen molar-refractivity contribution < 1.29 is 18.3 Å². The van der Waals surface area contributed by atoms with E-state index >= 15 is 0 Å². The van der Waals surface area contributed by atoms with Crippen LogP contribution in [0.2, 0.25) is 0 Å². The Kier molecular flexibility index (Phi) is 10.7. The van der Waals surface area contributed by atoms with Crippen LogP contribution in [-0.4, -0.2) is 29.5 Å². The summed E-state index contributed by atoms with van der Waals surface area (Å²) in [5.74, 6) is 0.0769. The van der Waals surface area contributed by atoms with E-state index in [9.17, 15) is 13.6 Å². The molecule has 1 aromatic carbocycles. The smallest absolute Gasteiger partial charge is 0.265 e. The quantitative estimate of drug-likeness (QED) is 0.392. The first kappa shape index (κ1) is 26.1. The summed E-state index contributed by atoms with van der Waals surface area (Å²) in [6.45, 7) is 13.8. The predicted octanol–water partition coefficient (Wildman–Crippen LogP) is 6.21. The molecule has 0 saturated carbocycles. The summed E-state index contributed by atoms with van der Waals surface area (Å²) in [6, 6.07) is 5.56. The van der Waals surface area contributed by atoms with Gasteiger partial charge in [0.15, 0.2) is 6.10 Å². The standard InChI is InChI=1S/C25H32F2N2O2/c1-7-9-19(10-8-2)16-29(18(5)6)25(30)23(13-17(3)4)31-21-12-11-20(15-28)22(14-21)24(26)27/h7-12,14,17-18,23-24H,1,13,16H2,2-6H3/b10-8-,19-9+. The minimum Gasteiger partial charge on any atom is -0.481 e. The summed E-state index contributed by atoms with van der Waals surface area (Å²) in [6.07, 6.45) is 4.10. The van der Waals surface area contributed by atoms with Gasteiger partial charge < -0.3 is 9.64 Å². The van der Waals surface area contributed by atoms with Crippen molar-refractivity contribution in [1.29, 1.82) is 5.26 Å². The highest BCUT2D eigenvalue weighted by Gasteiger charge is 2.29. The monoisotopic (exact) mass is 430 g/mol. The van der Waals surface area contributed by atoms with Crippen LogP contribution in [0.5, 0.6) is 5.75 Å². The van der Waals surface area contributed by atoms with Gasteiger partial charge in [-0.05, 0) is 56.9 Å². The number of ether oxygens (including phenoxy) is 1. The van der Waals surface area contributed by atoms with Crippen molar-refractivity contribution in [2.45, 2.75) is 59.6 Å². The van der Waals surface area contributed by atoms with Gasteiger partial charge in [0.05, 0.1) is 11.6 Å².